The van der Waals surface area contributed by atoms with Crippen molar-refractivity contribution >= 4 is 17.5 Å². The fraction of sp³-hybridized carbons (Fsp3) is 0.941. The zero-order valence-corrected chi connectivity index (χ0v) is 12.9. The van der Waals surface area contributed by atoms with Gasteiger partial charge in [-0.05, 0) is 61.4 Å². The first-order chi connectivity index (χ1) is 9.33. The average Bonchev–Trinajstić information content (AvgIpc) is 2.48. The summed E-state index contributed by atoms with van der Waals surface area (Å²) in [6, 6.07) is 0. The first kappa shape index (κ1) is 14.0. The van der Waals surface area contributed by atoms with Crippen LogP contribution >= 0.6 is 11.8 Å². The number of hydrogen-bond acceptors (Lipinski definition) is 2. The van der Waals surface area contributed by atoms with Crippen molar-refractivity contribution in [3.05, 3.63) is 0 Å². The van der Waals surface area contributed by atoms with E-state index >= 15 is 0 Å². The summed E-state index contributed by atoms with van der Waals surface area (Å²) in [6.45, 7) is 0. The molecule has 2 heteroatoms. The normalized spacial score (nSPS) is 36.7. The Morgan fingerprint density at radius 3 is 2.42 bits per heavy atom. The van der Waals surface area contributed by atoms with E-state index in [2.05, 4.69) is 11.8 Å². The van der Waals surface area contributed by atoms with Crippen molar-refractivity contribution in [2.75, 3.05) is 11.5 Å². The number of thioether (sulfide) groups is 1. The summed E-state index contributed by atoms with van der Waals surface area (Å²) in [5.74, 6) is 6.23. The van der Waals surface area contributed by atoms with Gasteiger partial charge >= 0.3 is 0 Å². The fourth-order valence-electron chi connectivity index (χ4n) is 4.57. The van der Waals surface area contributed by atoms with Crippen LogP contribution in [0.4, 0.5) is 0 Å². The third-order valence-electron chi connectivity index (χ3n) is 5.83. The van der Waals surface area contributed by atoms with E-state index in [4.69, 9.17) is 0 Å². The maximum absolute atomic E-state index is 12.5. The Morgan fingerprint density at radius 1 is 0.895 bits per heavy atom. The van der Waals surface area contributed by atoms with Gasteiger partial charge in [0.15, 0.2) is 0 Å². The monoisotopic (exact) mass is 280 g/mol. The second kappa shape index (κ2) is 6.65. The summed E-state index contributed by atoms with van der Waals surface area (Å²) in [4.78, 5) is 12.5. The van der Waals surface area contributed by atoms with E-state index in [0.29, 0.717) is 11.7 Å². The maximum Gasteiger partial charge on any atom is 0.136 e. The number of rotatable bonds is 3. The van der Waals surface area contributed by atoms with Crippen LogP contribution in [0, 0.1) is 23.7 Å². The third kappa shape index (κ3) is 3.56. The second-order valence-electron chi connectivity index (χ2n) is 7.04. The molecule has 0 aromatic rings. The molecule has 108 valence electrons. The second-order valence-corrected chi connectivity index (χ2v) is 8.27. The Morgan fingerprint density at radius 2 is 1.63 bits per heavy atom. The Kier molecular flexibility index (Phi) is 4.89. The minimum Gasteiger partial charge on any atom is -0.299 e. The Hall–Kier alpha value is 0.0200. The van der Waals surface area contributed by atoms with Crippen LogP contribution in [0.5, 0.6) is 0 Å². The van der Waals surface area contributed by atoms with Crippen molar-refractivity contribution in [1.29, 1.82) is 0 Å². The van der Waals surface area contributed by atoms with Gasteiger partial charge in [0.25, 0.3) is 0 Å². The highest BCUT2D eigenvalue weighted by Crippen LogP contribution is 2.43. The number of hydrogen-bond donors (Lipinski definition) is 0. The van der Waals surface area contributed by atoms with Gasteiger partial charge in [0.05, 0.1) is 0 Å². The van der Waals surface area contributed by atoms with Crippen LogP contribution in [0.1, 0.15) is 64.2 Å². The van der Waals surface area contributed by atoms with Crippen LogP contribution in [-0.2, 0) is 4.79 Å². The molecule has 0 N–H and O–H groups in total. The van der Waals surface area contributed by atoms with Gasteiger partial charge in [0, 0.05) is 12.3 Å². The van der Waals surface area contributed by atoms with Crippen molar-refractivity contribution in [2.45, 2.75) is 64.2 Å². The van der Waals surface area contributed by atoms with Crippen LogP contribution < -0.4 is 0 Å². The molecule has 2 aliphatic carbocycles. The maximum atomic E-state index is 12.5. The van der Waals surface area contributed by atoms with E-state index < -0.39 is 0 Å². The summed E-state index contributed by atoms with van der Waals surface area (Å²) in [5.41, 5.74) is 0. The molecule has 0 aromatic carbocycles. The first-order valence-corrected chi connectivity index (χ1v) is 9.59. The predicted molar refractivity (Wildman–Crippen MR) is 82.5 cm³/mol. The Labute approximate surface area is 122 Å². The molecule has 0 spiro atoms. The summed E-state index contributed by atoms with van der Waals surface area (Å²) >= 11 is 2.06. The van der Waals surface area contributed by atoms with Crippen molar-refractivity contribution in [1.82, 2.24) is 0 Å². The summed E-state index contributed by atoms with van der Waals surface area (Å²) in [6.07, 6.45) is 13.0. The smallest absolute Gasteiger partial charge is 0.136 e. The zero-order valence-electron chi connectivity index (χ0n) is 12.1. The summed E-state index contributed by atoms with van der Waals surface area (Å²) in [7, 11) is 0. The zero-order chi connectivity index (χ0) is 13.1. The molecule has 19 heavy (non-hydrogen) atoms. The van der Waals surface area contributed by atoms with Crippen molar-refractivity contribution in [2.24, 2.45) is 23.7 Å². The molecule has 0 aromatic heterocycles. The van der Waals surface area contributed by atoms with E-state index in [-0.39, 0.29) is 0 Å². The molecule has 2 saturated carbocycles. The van der Waals surface area contributed by atoms with Crippen LogP contribution in [0.2, 0.25) is 0 Å². The molecule has 1 aliphatic heterocycles. The molecule has 0 bridgehead atoms. The fourth-order valence-corrected chi connectivity index (χ4v) is 5.77. The Bertz CT molecular complexity index is 308. The van der Waals surface area contributed by atoms with E-state index in [0.717, 1.165) is 24.2 Å². The predicted octanol–water partition coefficient (Wildman–Crippen LogP) is 4.70. The van der Waals surface area contributed by atoms with Gasteiger partial charge in [0.1, 0.15) is 5.78 Å². The lowest BCUT2D eigenvalue weighted by molar-refractivity contribution is -0.126. The van der Waals surface area contributed by atoms with Crippen molar-refractivity contribution in [3.63, 3.8) is 0 Å². The molecular formula is C17H28OS. The first-order valence-electron chi connectivity index (χ1n) is 8.43. The van der Waals surface area contributed by atoms with Crippen LogP contribution in [0.25, 0.3) is 0 Å². The SMILES string of the molecule is O=C(CC1CCSCC1)C1CCC2CCCCC2C1. The highest BCUT2D eigenvalue weighted by Gasteiger charge is 2.35. The minimum absolute atomic E-state index is 0.439. The molecule has 1 nitrogen and oxygen atoms in total. The van der Waals surface area contributed by atoms with E-state index in [9.17, 15) is 4.79 Å². The van der Waals surface area contributed by atoms with Gasteiger partial charge in [-0.1, -0.05) is 25.7 Å². The largest absolute Gasteiger partial charge is 0.299 e. The van der Waals surface area contributed by atoms with Crippen molar-refractivity contribution in [3.8, 4) is 0 Å². The summed E-state index contributed by atoms with van der Waals surface area (Å²) < 4.78 is 0. The molecule has 1 heterocycles. The van der Waals surface area contributed by atoms with E-state index in [1.807, 2.05) is 0 Å². The van der Waals surface area contributed by atoms with Gasteiger partial charge in [-0.3, -0.25) is 4.79 Å². The van der Waals surface area contributed by atoms with Crippen molar-refractivity contribution < 1.29 is 4.79 Å². The molecule has 0 radical (unpaired) electrons. The van der Waals surface area contributed by atoms with Crippen LogP contribution in [-0.4, -0.2) is 17.3 Å². The van der Waals surface area contributed by atoms with Crippen LogP contribution in [0.15, 0.2) is 0 Å². The highest BCUT2D eigenvalue weighted by atomic mass is 32.2. The number of Topliss-reactive ketones (excluding diaryl/α,β-unsaturated/α-hetero) is 1. The third-order valence-corrected chi connectivity index (χ3v) is 6.87. The number of ketones is 1. The standard InChI is InChI=1S/C17H28OS/c18-17(11-13-7-9-19-10-8-13)16-6-5-14-3-1-2-4-15(14)12-16/h13-16H,1-12H2. The molecule has 3 fully saturated rings. The molecular weight excluding hydrogens is 252 g/mol. The quantitative estimate of drug-likeness (QED) is 0.745. The lowest BCUT2D eigenvalue weighted by Crippen LogP contribution is -2.32. The lowest BCUT2D eigenvalue weighted by atomic mass is 9.66. The van der Waals surface area contributed by atoms with Gasteiger partial charge in [-0.15, -0.1) is 0 Å². The van der Waals surface area contributed by atoms with Gasteiger partial charge in [-0.25, -0.2) is 0 Å². The molecule has 3 unspecified atom stereocenters. The molecule has 3 rings (SSSR count). The van der Waals surface area contributed by atoms with Crippen LogP contribution in [0.3, 0.4) is 0 Å². The number of carbonyl (C=O) groups excluding carboxylic acids is 1. The molecule has 1 saturated heterocycles. The molecule has 3 aliphatic rings. The average molecular weight is 280 g/mol. The lowest BCUT2D eigenvalue weighted by Gasteiger charge is -2.39. The van der Waals surface area contributed by atoms with Gasteiger partial charge in [-0.2, -0.15) is 11.8 Å². The number of fused-ring (bicyclic) bond motifs is 1. The number of carbonyl (C=O) groups is 1. The van der Waals surface area contributed by atoms with E-state index in [1.54, 1.807) is 0 Å². The Balaban J connectivity index is 1.49. The van der Waals surface area contributed by atoms with Gasteiger partial charge < -0.3 is 0 Å². The summed E-state index contributed by atoms with van der Waals surface area (Å²) in [5, 5.41) is 0. The molecule has 0 amide bonds. The van der Waals surface area contributed by atoms with E-state index in [1.165, 1.54) is 69.3 Å². The molecule has 3 atom stereocenters. The van der Waals surface area contributed by atoms with Gasteiger partial charge in [0.2, 0.25) is 0 Å². The topological polar surface area (TPSA) is 17.1 Å². The minimum atomic E-state index is 0.439. The highest BCUT2D eigenvalue weighted by molar-refractivity contribution is 7.99.